The third-order valence-corrected chi connectivity index (χ3v) is 6.63. The molecular weight excluding hydrogens is 403 g/mol. The Kier molecular flexibility index (Phi) is 5.87. The van der Waals surface area contributed by atoms with Crippen molar-refractivity contribution in [3.63, 3.8) is 0 Å². The summed E-state index contributed by atoms with van der Waals surface area (Å²) in [6, 6.07) is 14.6. The summed E-state index contributed by atoms with van der Waals surface area (Å²) in [4.78, 5) is 0. The monoisotopic (exact) mass is 432 g/mol. The molecule has 1 spiro atoms. The van der Waals surface area contributed by atoms with Gasteiger partial charge >= 0.3 is 0 Å². The molecule has 2 aliphatic heterocycles. The Bertz CT molecular complexity index is 879. The van der Waals surface area contributed by atoms with Crippen LogP contribution in [0.3, 0.4) is 0 Å². The van der Waals surface area contributed by atoms with Gasteiger partial charge in [0.25, 0.3) is 0 Å². The lowest BCUT2D eigenvalue weighted by molar-refractivity contribution is -0.0334. The maximum absolute atomic E-state index is 6.67. The smallest absolute Gasteiger partial charge is 0.0819 e. The maximum atomic E-state index is 6.67. The van der Waals surface area contributed by atoms with Gasteiger partial charge in [0.1, 0.15) is 0 Å². The summed E-state index contributed by atoms with van der Waals surface area (Å²) in [5, 5.41) is 8.81. The highest BCUT2D eigenvalue weighted by atomic mass is 35.5. The van der Waals surface area contributed by atoms with Crippen LogP contribution in [0.1, 0.15) is 44.2 Å². The minimum absolute atomic E-state index is 0.0446. The lowest BCUT2D eigenvalue weighted by atomic mass is 9.64. The molecule has 0 aromatic heterocycles. The number of anilines is 1. The molecular formula is C24H30Cl2N2O. The molecule has 2 aromatic rings. The first-order chi connectivity index (χ1) is 13.8. The van der Waals surface area contributed by atoms with Gasteiger partial charge in [-0.05, 0) is 59.7 Å². The normalized spacial score (nSPS) is 26.8. The largest absolute Gasteiger partial charge is 0.384 e. The van der Waals surface area contributed by atoms with E-state index in [-0.39, 0.29) is 22.9 Å². The van der Waals surface area contributed by atoms with Crippen LogP contribution < -0.4 is 10.6 Å². The molecule has 4 rings (SSSR count). The van der Waals surface area contributed by atoms with E-state index in [1.165, 1.54) is 11.1 Å². The molecule has 0 bridgehead atoms. The van der Waals surface area contributed by atoms with Gasteiger partial charge in [-0.25, -0.2) is 0 Å². The molecule has 0 aliphatic carbocycles. The lowest BCUT2D eigenvalue weighted by Gasteiger charge is -2.43. The second kappa shape index (κ2) is 8.11. The minimum Gasteiger partial charge on any atom is -0.384 e. The fourth-order valence-corrected chi connectivity index (χ4v) is 5.26. The average Bonchev–Trinajstić information content (AvgIpc) is 2.91. The van der Waals surface area contributed by atoms with Crippen molar-refractivity contribution in [1.82, 2.24) is 5.32 Å². The summed E-state index contributed by atoms with van der Waals surface area (Å²) in [6.45, 7) is 9.99. The van der Waals surface area contributed by atoms with E-state index >= 15 is 0 Å². The number of rotatable bonds is 3. The van der Waals surface area contributed by atoms with E-state index in [0.29, 0.717) is 6.61 Å². The van der Waals surface area contributed by atoms with Gasteiger partial charge in [-0.2, -0.15) is 0 Å². The molecule has 1 saturated heterocycles. The molecule has 0 unspecified atom stereocenters. The van der Waals surface area contributed by atoms with E-state index in [1.807, 2.05) is 18.2 Å². The molecule has 2 aliphatic rings. The van der Waals surface area contributed by atoms with Crippen molar-refractivity contribution in [1.29, 1.82) is 0 Å². The van der Waals surface area contributed by atoms with Crippen LogP contribution >= 0.6 is 23.2 Å². The van der Waals surface area contributed by atoms with Gasteiger partial charge in [0.2, 0.25) is 0 Å². The highest BCUT2D eigenvalue weighted by Crippen LogP contribution is 2.52. The van der Waals surface area contributed by atoms with Crippen molar-refractivity contribution in [3.8, 4) is 0 Å². The Morgan fingerprint density at radius 3 is 2.66 bits per heavy atom. The quantitative estimate of drug-likeness (QED) is 0.636. The predicted octanol–water partition coefficient (Wildman–Crippen LogP) is 5.87. The van der Waals surface area contributed by atoms with Gasteiger partial charge in [0.05, 0.1) is 12.7 Å². The number of fused-ring (bicyclic) bond motifs is 2. The van der Waals surface area contributed by atoms with Crippen molar-refractivity contribution in [3.05, 3.63) is 63.6 Å². The predicted molar refractivity (Wildman–Crippen MR) is 122 cm³/mol. The van der Waals surface area contributed by atoms with E-state index in [9.17, 15) is 0 Å². The highest BCUT2D eigenvalue weighted by Gasteiger charge is 2.53. The SMILES string of the molecule is CC(C)(C)CO[C@H]1CNCC[C@@H](c2cccc(Cl)c2)[C@@]12CNc1cc(Cl)ccc12. The third kappa shape index (κ3) is 4.16. The number of hydrogen-bond donors (Lipinski definition) is 2. The van der Waals surface area contributed by atoms with Crippen molar-refractivity contribution in [2.24, 2.45) is 5.41 Å². The zero-order valence-corrected chi connectivity index (χ0v) is 18.9. The lowest BCUT2D eigenvalue weighted by Crippen LogP contribution is -2.50. The van der Waals surface area contributed by atoms with Crippen molar-refractivity contribution >= 4 is 28.9 Å². The van der Waals surface area contributed by atoms with Crippen LogP contribution in [0.4, 0.5) is 5.69 Å². The van der Waals surface area contributed by atoms with E-state index < -0.39 is 0 Å². The summed E-state index contributed by atoms with van der Waals surface area (Å²) in [5.41, 5.74) is 3.62. The molecule has 5 heteroatoms. The fourth-order valence-electron chi connectivity index (χ4n) is 4.89. The molecule has 156 valence electrons. The Morgan fingerprint density at radius 2 is 1.90 bits per heavy atom. The summed E-state index contributed by atoms with van der Waals surface area (Å²) >= 11 is 12.7. The zero-order valence-electron chi connectivity index (χ0n) is 17.4. The molecule has 2 aromatic carbocycles. The molecule has 29 heavy (non-hydrogen) atoms. The van der Waals surface area contributed by atoms with E-state index in [4.69, 9.17) is 27.9 Å². The van der Waals surface area contributed by atoms with Crippen LogP contribution in [0.2, 0.25) is 10.0 Å². The first kappa shape index (κ1) is 21.0. The number of ether oxygens (including phenoxy) is 1. The van der Waals surface area contributed by atoms with Gasteiger partial charge < -0.3 is 15.4 Å². The van der Waals surface area contributed by atoms with Gasteiger partial charge in [-0.1, -0.05) is 62.2 Å². The first-order valence-corrected chi connectivity index (χ1v) is 11.2. The number of hydrogen-bond acceptors (Lipinski definition) is 3. The number of nitrogens with one attached hydrogen (secondary N) is 2. The van der Waals surface area contributed by atoms with Crippen LogP contribution in [0, 0.1) is 5.41 Å². The van der Waals surface area contributed by atoms with E-state index in [0.717, 1.165) is 41.8 Å². The van der Waals surface area contributed by atoms with Crippen LogP contribution in [0.5, 0.6) is 0 Å². The highest BCUT2D eigenvalue weighted by molar-refractivity contribution is 6.31. The van der Waals surface area contributed by atoms with Crippen molar-refractivity contribution in [2.45, 2.75) is 44.6 Å². The summed E-state index contributed by atoms with van der Waals surface area (Å²) in [7, 11) is 0. The Morgan fingerprint density at radius 1 is 1.10 bits per heavy atom. The Balaban J connectivity index is 1.84. The Labute approximate surface area is 184 Å². The molecule has 2 N–H and O–H groups in total. The van der Waals surface area contributed by atoms with Crippen molar-refractivity contribution < 1.29 is 4.74 Å². The zero-order chi connectivity index (χ0) is 20.6. The van der Waals surface area contributed by atoms with Gasteiger partial charge in [-0.15, -0.1) is 0 Å². The van der Waals surface area contributed by atoms with Crippen LogP contribution in [0.15, 0.2) is 42.5 Å². The van der Waals surface area contributed by atoms with Gasteiger partial charge in [0.15, 0.2) is 0 Å². The Hall–Kier alpha value is -1.26. The molecule has 3 atom stereocenters. The molecule has 2 heterocycles. The van der Waals surface area contributed by atoms with Gasteiger partial charge in [0, 0.05) is 34.2 Å². The summed E-state index contributed by atoms with van der Waals surface area (Å²) in [5.74, 6) is 0.288. The second-order valence-electron chi connectivity index (χ2n) is 9.54. The van der Waals surface area contributed by atoms with Gasteiger partial charge in [-0.3, -0.25) is 0 Å². The number of halogens is 2. The van der Waals surface area contributed by atoms with Crippen LogP contribution in [-0.2, 0) is 10.2 Å². The summed E-state index contributed by atoms with van der Waals surface area (Å²) < 4.78 is 6.67. The molecule has 0 saturated carbocycles. The molecule has 3 nitrogen and oxygen atoms in total. The van der Waals surface area contributed by atoms with Crippen LogP contribution in [-0.4, -0.2) is 32.3 Å². The van der Waals surface area contributed by atoms with E-state index in [1.54, 1.807) is 0 Å². The molecule has 1 fully saturated rings. The van der Waals surface area contributed by atoms with E-state index in [2.05, 4.69) is 55.7 Å². The van der Waals surface area contributed by atoms with Crippen molar-refractivity contribution in [2.75, 3.05) is 31.6 Å². The maximum Gasteiger partial charge on any atom is 0.0819 e. The minimum atomic E-state index is -0.181. The average molecular weight is 433 g/mol. The fraction of sp³-hybridized carbons (Fsp3) is 0.500. The topological polar surface area (TPSA) is 33.3 Å². The first-order valence-electron chi connectivity index (χ1n) is 10.4. The number of benzene rings is 2. The third-order valence-electron chi connectivity index (χ3n) is 6.16. The van der Waals surface area contributed by atoms with Crippen LogP contribution in [0.25, 0.3) is 0 Å². The standard InChI is InChI=1S/C24H30Cl2N2O/c1-23(2,3)15-29-22-13-27-10-9-19(16-5-4-6-17(25)11-16)24(22)14-28-21-12-18(26)7-8-20(21)24/h4-8,11-12,19,22,27-28H,9-10,13-15H2,1-3H3/t19-,22-,24+/m0/s1. The molecule has 0 radical (unpaired) electrons. The summed E-state index contributed by atoms with van der Waals surface area (Å²) in [6.07, 6.45) is 1.07. The second-order valence-corrected chi connectivity index (χ2v) is 10.4. The molecule has 0 amide bonds.